The third kappa shape index (κ3) is 2.57. The van der Waals surface area contributed by atoms with Gasteiger partial charge in [0.15, 0.2) is 0 Å². The second kappa shape index (κ2) is 5.00. The lowest BCUT2D eigenvalue weighted by Gasteiger charge is -2.03. The molecule has 0 fully saturated rings. The van der Waals surface area contributed by atoms with Crippen molar-refractivity contribution in [3.63, 3.8) is 0 Å². The maximum Gasteiger partial charge on any atom is 0.0780 e. The molecular weight excluding hydrogens is 242 g/mol. The molecule has 12 heavy (non-hydrogen) atoms. The van der Waals surface area contributed by atoms with Crippen LogP contribution in [0.4, 0.5) is 5.69 Å². The average molecular weight is 248 g/mol. The highest BCUT2D eigenvalue weighted by atomic mass is 35.5. The molecule has 6 heteroatoms. The fourth-order valence-corrected chi connectivity index (χ4v) is 1.24. The number of rotatable bonds is 1. The van der Waals surface area contributed by atoms with E-state index in [1.165, 1.54) is 0 Å². The number of hydrazine groups is 1. The van der Waals surface area contributed by atoms with Gasteiger partial charge < -0.3 is 5.43 Å². The Morgan fingerprint density at radius 1 is 1.08 bits per heavy atom. The summed E-state index contributed by atoms with van der Waals surface area (Å²) in [5.74, 6) is 5.13. The van der Waals surface area contributed by atoms with Crippen molar-refractivity contribution < 1.29 is 0 Å². The molecule has 0 amide bonds. The van der Waals surface area contributed by atoms with Gasteiger partial charge in [-0.1, -0.05) is 34.8 Å². The van der Waals surface area contributed by atoms with Crippen molar-refractivity contribution in [2.24, 2.45) is 5.84 Å². The Bertz CT molecular complexity index is 253. The lowest BCUT2D eigenvalue weighted by atomic mass is 10.3. The summed E-state index contributed by atoms with van der Waals surface area (Å²) in [5.41, 5.74) is 3.04. The second-order valence-corrected chi connectivity index (χ2v) is 3.09. The summed E-state index contributed by atoms with van der Waals surface area (Å²) >= 11 is 17.0. The number of benzene rings is 1. The van der Waals surface area contributed by atoms with Gasteiger partial charge in [0.1, 0.15) is 0 Å². The molecule has 1 aromatic rings. The van der Waals surface area contributed by atoms with Crippen molar-refractivity contribution in [3.8, 4) is 0 Å². The number of nitrogen functional groups attached to an aromatic ring is 1. The Labute approximate surface area is 91.4 Å². The highest BCUT2D eigenvalue weighted by Gasteiger charge is 2.04. The lowest BCUT2D eigenvalue weighted by Crippen LogP contribution is -2.06. The normalized spacial score (nSPS) is 9.00. The number of nitrogens with one attached hydrogen (secondary N) is 1. The van der Waals surface area contributed by atoms with Crippen molar-refractivity contribution in [1.29, 1.82) is 0 Å². The Balaban J connectivity index is 0.00000121. The minimum atomic E-state index is 0. The molecule has 0 saturated heterocycles. The van der Waals surface area contributed by atoms with Crippen LogP contribution in [0, 0.1) is 0 Å². The first-order valence-corrected chi connectivity index (χ1v) is 3.89. The smallest absolute Gasteiger partial charge is 0.0780 e. The van der Waals surface area contributed by atoms with Crippen LogP contribution in [0.2, 0.25) is 15.1 Å². The molecule has 0 radical (unpaired) electrons. The number of anilines is 1. The van der Waals surface area contributed by atoms with E-state index in [0.717, 1.165) is 0 Å². The van der Waals surface area contributed by atoms with Crippen LogP contribution in [0.5, 0.6) is 0 Å². The first-order valence-electron chi connectivity index (χ1n) is 2.76. The van der Waals surface area contributed by atoms with E-state index < -0.39 is 0 Å². The summed E-state index contributed by atoms with van der Waals surface area (Å²) in [6, 6.07) is 3.19. The molecule has 1 rings (SSSR count). The molecule has 0 aliphatic rings. The van der Waals surface area contributed by atoms with Crippen molar-refractivity contribution >= 4 is 52.9 Å². The van der Waals surface area contributed by atoms with Crippen LogP contribution in [0.3, 0.4) is 0 Å². The van der Waals surface area contributed by atoms with E-state index in [2.05, 4.69) is 5.43 Å². The molecule has 0 aromatic heterocycles. The van der Waals surface area contributed by atoms with Crippen LogP contribution in [0.25, 0.3) is 0 Å². The minimum Gasteiger partial charge on any atom is -0.324 e. The van der Waals surface area contributed by atoms with Gasteiger partial charge >= 0.3 is 0 Å². The van der Waals surface area contributed by atoms with Crippen LogP contribution in [0.1, 0.15) is 0 Å². The standard InChI is InChI=1S/C6H5Cl3N2.ClH/c7-4-1-3(11-10)2-5(8)6(4)9;/h1-2,11H,10H2;1H. The van der Waals surface area contributed by atoms with Crippen molar-refractivity contribution in [1.82, 2.24) is 0 Å². The van der Waals surface area contributed by atoms with Crippen LogP contribution >= 0.6 is 47.2 Å². The number of hydrogen-bond donors (Lipinski definition) is 2. The molecule has 0 atom stereocenters. The third-order valence-corrected chi connectivity index (χ3v) is 2.35. The van der Waals surface area contributed by atoms with Gasteiger partial charge in [0.2, 0.25) is 0 Å². The van der Waals surface area contributed by atoms with Crippen molar-refractivity contribution in [3.05, 3.63) is 27.2 Å². The largest absolute Gasteiger partial charge is 0.324 e. The number of hydrogen-bond acceptors (Lipinski definition) is 2. The molecule has 0 spiro atoms. The zero-order valence-corrected chi connectivity index (χ0v) is 8.86. The maximum atomic E-state index is 5.69. The van der Waals surface area contributed by atoms with Crippen LogP contribution < -0.4 is 11.3 Å². The summed E-state index contributed by atoms with van der Waals surface area (Å²) in [7, 11) is 0. The summed E-state index contributed by atoms with van der Waals surface area (Å²) in [5, 5.41) is 1.10. The van der Waals surface area contributed by atoms with Crippen molar-refractivity contribution in [2.75, 3.05) is 5.43 Å². The monoisotopic (exact) mass is 246 g/mol. The van der Waals surface area contributed by atoms with Gasteiger partial charge in [0.05, 0.1) is 20.8 Å². The summed E-state index contributed by atoms with van der Waals surface area (Å²) in [6.45, 7) is 0. The van der Waals surface area contributed by atoms with E-state index in [1.54, 1.807) is 12.1 Å². The molecule has 0 unspecified atom stereocenters. The van der Waals surface area contributed by atoms with E-state index in [4.69, 9.17) is 40.6 Å². The third-order valence-electron chi connectivity index (χ3n) is 1.15. The molecule has 3 N–H and O–H groups in total. The fraction of sp³-hybridized carbons (Fsp3) is 0. The molecule has 0 aliphatic heterocycles. The Kier molecular flexibility index (Phi) is 5.06. The van der Waals surface area contributed by atoms with E-state index in [9.17, 15) is 0 Å². The quantitative estimate of drug-likeness (QED) is 0.454. The Morgan fingerprint density at radius 2 is 1.50 bits per heavy atom. The van der Waals surface area contributed by atoms with E-state index in [1.807, 2.05) is 0 Å². The molecule has 0 aliphatic carbocycles. The van der Waals surface area contributed by atoms with Gasteiger partial charge in [0.25, 0.3) is 0 Å². The molecule has 68 valence electrons. The second-order valence-electron chi connectivity index (χ2n) is 1.90. The van der Waals surface area contributed by atoms with Crippen LogP contribution in [-0.4, -0.2) is 0 Å². The highest BCUT2D eigenvalue weighted by Crippen LogP contribution is 2.32. The van der Waals surface area contributed by atoms with E-state index in [-0.39, 0.29) is 12.4 Å². The zero-order valence-electron chi connectivity index (χ0n) is 5.77. The molecular formula is C6H6Cl4N2. The molecule has 0 saturated carbocycles. The molecule has 1 aromatic carbocycles. The van der Waals surface area contributed by atoms with Crippen LogP contribution in [0.15, 0.2) is 12.1 Å². The zero-order chi connectivity index (χ0) is 8.43. The molecule has 0 heterocycles. The topological polar surface area (TPSA) is 38.0 Å². The summed E-state index contributed by atoms with van der Waals surface area (Å²) in [6.07, 6.45) is 0. The summed E-state index contributed by atoms with van der Waals surface area (Å²) < 4.78 is 0. The van der Waals surface area contributed by atoms with E-state index >= 15 is 0 Å². The summed E-state index contributed by atoms with van der Waals surface area (Å²) in [4.78, 5) is 0. The van der Waals surface area contributed by atoms with Gasteiger partial charge in [-0.05, 0) is 12.1 Å². The van der Waals surface area contributed by atoms with Crippen molar-refractivity contribution in [2.45, 2.75) is 0 Å². The lowest BCUT2D eigenvalue weighted by molar-refractivity contribution is 1.35. The van der Waals surface area contributed by atoms with Gasteiger partial charge in [-0.3, -0.25) is 5.84 Å². The Morgan fingerprint density at radius 3 is 1.83 bits per heavy atom. The average Bonchev–Trinajstić information content (AvgIpc) is 1.99. The van der Waals surface area contributed by atoms with E-state index in [0.29, 0.717) is 20.8 Å². The number of halogens is 4. The van der Waals surface area contributed by atoms with Gasteiger partial charge in [-0.2, -0.15) is 0 Å². The predicted molar refractivity (Wildman–Crippen MR) is 56.5 cm³/mol. The SMILES string of the molecule is Cl.NNc1cc(Cl)c(Cl)c(Cl)c1. The first-order chi connectivity index (χ1) is 5.15. The van der Waals surface area contributed by atoms with Gasteiger partial charge in [0, 0.05) is 0 Å². The maximum absolute atomic E-state index is 5.69. The first kappa shape index (κ1) is 12.1. The van der Waals surface area contributed by atoms with Gasteiger partial charge in [-0.15, -0.1) is 12.4 Å². The molecule has 2 nitrogen and oxygen atoms in total. The van der Waals surface area contributed by atoms with Crippen LogP contribution in [-0.2, 0) is 0 Å². The fourth-order valence-electron chi connectivity index (χ4n) is 0.639. The number of nitrogens with two attached hydrogens (primary N) is 1. The van der Waals surface area contributed by atoms with Gasteiger partial charge in [-0.25, -0.2) is 0 Å². The Hall–Kier alpha value is 0.140. The highest BCUT2D eigenvalue weighted by molar-refractivity contribution is 6.48. The molecule has 0 bridgehead atoms. The minimum absolute atomic E-state index is 0. The predicted octanol–water partition coefficient (Wildman–Crippen LogP) is 3.35.